The van der Waals surface area contributed by atoms with Crippen LogP contribution in [0.4, 0.5) is 0 Å². The predicted molar refractivity (Wildman–Crippen MR) is 136 cm³/mol. The number of carbonyl (C=O) groups excluding carboxylic acids is 2. The van der Waals surface area contributed by atoms with Crippen LogP contribution >= 0.6 is 35.0 Å². The molecule has 0 bridgehead atoms. The Hall–Kier alpha value is -1.69. The summed E-state index contributed by atoms with van der Waals surface area (Å²) in [6.45, 7) is 8.82. The van der Waals surface area contributed by atoms with Gasteiger partial charge < -0.3 is 10.2 Å². The van der Waals surface area contributed by atoms with E-state index in [2.05, 4.69) is 37.4 Å². The highest BCUT2D eigenvalue weighted by Crippen LogP contribution is 2.27. The van der Waals surface area contributed by atoms with E-state index in [1.807, 2.05) is 13.8 Å². The standard InChI is InChI=1S/C25H32Cl2N2O2S/c1-5-10-28-25(31)23(6-2)29(14-20-21(26)8-7-9-22(20)27)24(30)16-32-15-19-12-17(3)11-18(4)13-19/h7-9,11-13,23H,5-6,10,14-16H2,1-4H3,(H,28,31). The van der Waals surface area contributed by atoms with Crippen LogP contribution in [-0.4, -0.2) is 35.1 Å². The van der Waals surface area contributed by atoms with Crippen molar-refractivity contribution in [1.29, 1.82) is 0 Å². The fourth-order valence-electron chi connectivity index (χ4n) is 3.63. The molecule has 0 radical (unpaired) electrons. The van der Waals surface area contributed by atoms with E-state index in [0.29, 0.717) is 28.6 Å². The van der Waals surface area contributed by atoms with Crippen LogP contribution in [0.1, 0.15) is 48.9 Å². The first-order valence-corrected chi connectivity index (χ1v) is 12.8. The molecule has 7 heteroatoms. The minimum absolute atomic E-state index is 0.103. The van der Waals surface area contributed by atoms with Gasteiger partial charge in [-0.15, -0.1) is 11.8 Å². The second-order valence-corrected chi connectivity index (χ2v) is 9.73. The molecule has 1 unspecified atom stereocenters. The molecule has 4 nitrogen and oxygen atoms in total. The van der Waals surface area contributed by atoms with Crippen molar-refractivity contribution in [3.8, 4) is 0 Å². The minimum atomic E-state index is -0.580. The summed E-state index contributed by atoms with van der Waals surface area (Å²) in [6.07, 6.45) is 1.34. The van der Waals surface area contributed by atoms with Gasteiger partial charge in [0.15, 0.2) is 0 Å². The van der Waals surface area contributed by atoms with Gasteiger partial charge in [0.25, 0.3) is 0 Å². The quantitative estimate of drug-likeness (QED) is 0.405. The van der Waals surface area contributed by atoms with Gasteiger partial charge in [-0.05, 0) is 44.4 Å². The normalized spacial score (nSPS) is 11.8. The number of hydrogen-bond donors (Lipinski definition) is 1. The average molecular weight is 496 g/mol. The maximum Gasteiger partial charge on any atom is 0.242 e. The van der Waals surface area contributed by atoms with Crippen molar-refractivity contribution in [2.24, 2.45) is 0 Å². The first-order valence-electron chi connectivity index (χ1n) is 10.9. The van der Waals surface area contributed by atoms with Crippen molar-refractivity contribution in [2.75, 3.05) is 12.3 Å². The van der Waals surface area contributed by atoms with E-state index >= 15 is 0 Å². The molecule has 0 spiro atoms. The van der Waals surface area contributed by atoms with Crippen LogP contribution in [0.25, 0.3) is 0 Å². The summed E-state index contributed by atoms with van der Waals surface area (Å²) in [5, 5.41) is 3.90. The van der Waals surface area contributed by atoms with Crippen LogP contribution in [0, 0.1) is 13.8 Å². The monoisotopic (exact) mass is 494 g/mol. The number of nitrogens with one attached hydrogen (secondary N) is 1. The molecule has 32 heavy (non-hydrogen) atoms. The van der Waals surface area contributed by atoms with Crippen molar-refractivity contribution >= 4 is 46.8 Å². The number of rotatable bonds is 11. The van der Waals surface area contributed by atoms with E-state index in [1.54, 1.807) is 34.9 Å². The number of hydrogen-bond acceptors (Lipinski definition) is 3. The predicted octanol–water partition coefficient (Wildman–Crippen LogP) is 6.18. The SMILES string of the molecule is CCCNC(=O)C(CC)N(Cc1c(Cl)cccc1Cl)C(=O)CSCc1cc(C)cc(C)c1. The largest absolute Gasteiger partial charge is 0.354 e. The lowest BCUT2D eigenvalue weighted by Gasteiger charge is -2.31. The number of thioether (sulfide) groups is 1. The van der Waals surface area contributed by atoms with Gasteiger partial charge in [-0.25, -0.2) is 0 Å². The Morgan fingerprint density at radius 1 is 1.06 bits per heavy atom. The van der Waals surface area contributed by atoms with Crippen LogP contribution in [0.2, 0.25) is 10.0 Å². The third kappa shape index (κ3) is 7.72. The van der Waals surface area contributed by atoms with Gasteiger partial charge in [-0.1, -0.05) is 72.4 Å². The van der Waals surface area contributed by atoms with E-state index in [0.717, 1.165) is 12.2 Å². The van der Waals surface area contributed by atoms with Gasteiger partial charge in [0.05, 0.1) is 5.75 Å². The Balaban J connectivity index is 2.19. The highest BCUT2D eigenvalue weighted by molar-refractivity contribution is 7.99. The zero-order valence-corrected chi connectivity index (χ0v) is 21.5. The third-order valence-corrected chi connectivity index (χ3v) is 6.80. The Labute approximate surface area is 206 Å². The minimum Gasteiger partial charge on any atom is -0.354 e. The second-order valence-electron chi connectivity index (χ2n) is 7.93. The Bertz CT molecular complexity index is 896. The molecule has 174 valence electrons. The van der Waals surface area contributed by atoms with Crippen molar-refractivity contribution in [1.82, 2.24) is 10.2 Å². The molecular formula is C25H32Cl2N2O2S. The molecular weight excluding hydrogens is 463 g/mol. The average Bonchev–Trinajstić information content (AvgIpc) is 2.73. The zero-order chi connectivity index (χ0) is 23.7. The van der Waals surface area contributed by atoms with Gasteiger partial charge >= 0.3 is 0 Å². The Kier molecular flexibility index (Phi) is 10.9. The summed E-state index contributed by atoms with van der Waals surface area (Å²) in [5.41, 5.74) is 4.26. The van der Waals surface area contributed by atoms with Gasteiger partial charge in [-0.2, -0.15) is 0 Å². The lowest BCUT2D eigenvalue weighted by Crippen LogP contribution is -2.49. The van der Waals surface area contributed by atoms with Crippen molar-refractivity contribution in [3.63, 3.8) is 0 Å². The molecule has 0 aliphatic carbocycles. The molecule has 2 aromatic carbocycles. The van der Waals surface area contributed by atoms with Crippen molar-refractivity contribution < 1.29 is 9.59 Å². The van der Waals surface area contributed by atoms with E-state index in [-0.39, 0.29) is 24.1 Å². The highest BCUT2D eigenvalue weighted by atomic mass is 35.5. The number of aryl methyl sites for hydroxylation is 2. The molecule has 1 N–H and O–H groups in total. The molecule has 2 amide bonds. The summed E-state index contributed by atoms with van der Waals surface area (Å²) >= 11 is 14.3. The second kappa shape index (κ2) is 13.1. The summed E-state index contributed by atoms with van der Waals surface area (Å²) in [6, 6.07) is 11.1. The van der Waals surface area contributed by atoms with Crippen LogP contribution in [-0.2, 0) is 21.9 Å². The van der Waals surface area contributed by atoms with E-state index in [9.17, 15) is 9.59 Å². The van der Waals surface area contributed by atoms with Gasteiger partial charge in [0.2, 0.25) is 11.8 Å². The first-order chi connectivity index (χ1) is 15.3. The fraction of sp³-hybridized carbons (Fsp3) is 0.440. The highest BCUT2D eigenvalue weighted by Gasteiger charge is 2.29. The maximum atomic E-state index is 13.3. The van der Waals surface area contributed by atoms with E-state index in [1.165, 1.54) is 16.7 Å². The van der Waals surface area contributed by atoms with Gasteiger partial charge in [0, 0.05) is 34.5 Å². The zero-order valence-electron chi connectivity index (χ0n) is 19.2. The van der Waals surface area contributed by atoms with Crippen molar-refractivity contribution in [2.45, 2.75) is 58.9 Å². The lowest BCUT2D eigenvalue weighted by atomic mass is 10.1. The molecule has 0 aliphatic rings. The first kappa shape index (κ1) is 26.6. The number of nitrogens with zero attached hydrogens (tertiary/aromatic N) is 1. The maximum absolute atomic E-state index is 13.3. The Morgan fingerprint density at radius 2 is 1.69 bits per heavy atom. The number of benzene rings is 2. The van der Waals surface area contributed by atoms with E-state index < -0.39 is 6.04 Å². The summed E-state index contributed by atoms with van der Waals surface area (Å²) < 4.78 is 0. The molecule has 0 aliphatic heterocycles. The van der Waals surface area contributed by atoms with Gasteiger partial charge in [0.1, 0.15) is 6.04 Å². The number of amides is 2. The number of halogens is 2. The molecule has 0 aromatic heterocycles. The van der Waals surface area contributed by atoms with Gasteiger partial charge in [-0.3, -0.25) is 9.59 Å². The smallest absolute Gasteiger partial charge is 0.242 e. The Morgan fingerprint density at radius 3 is 2.25 bits per heavy atom. The third-order valence-electron chi connectivity index (χ3n) is 5.10. The summed E-state index contributed by atoms with van der Waals surface area (Å²) in [5.74, 6) is 0.750. The molecule has 0 heterocycles. The molecule has 0 fully saturated rings. The number of carbonyl (C=O) groups is 2. The van der Waals surface area contributed by atoms with Crippen LogP contribution in [0.15, 0.2) is 36.4 Å². The van der Waals surface area contributed by atoms with Crippen LogP contribution in [0.3, 0.4) is 0 Å². The summed E-state index contributed by atoms with van der Waals surface area (Å²) in [4.78, 5) is 27.8. The molecule has 0 saturated heterocycles. The van der Waals surface area contributed by atoms with Crippen LogP contribution in [0.5, 0.6) is 0 Å². The molecule has 2 rings (SSSR count). The molecule has 2 aromatic rings. The van der Waals surface area contributed by atoms with Crippen LogP contribution < -0.4 is 5.32 Å². The molecule has 1 atom stereocenters. The summed E-state index contributed by atoms with van der Waals surface area (Å²) in [7, 11) is 0. The van der Waals surface area contributed by atoms with Crippen molar-refractivity contribution in [3.05, 3.63) is 68.7 Å². The lowest BCUT2D eigenvalue weighted by molar-refractivity contribution is -0.139. The molecule has 0 saturated carbocycles. The fourth-order valence-corrected chi connectivity index (χ4v) is 4.99. The van der Waals surface area contributed by atoms with E-state index in [4.69, 9.17) is 23.2 Å². The topological polar surface area (TPSA) is 49.4 Å².